The topological polar surface area (TPSA) is 69.2 Å². The Labute approximate surface area is 131 Å². The summed E-state index contributed by atoms with van der Waals surface area (Å²) in [5, 5.41) is 3.82. The van der Waals surface area contributed by atoms with Crippen molar-refractivity contribution >= 4 is 12.3 Å². The van der Waals surface area contributed by atoms with E-state index in [0.717, 1.165) is 5.56 Å². The predicted molar refractivity (Wildman–Crippen MR) is 85.7 cm³/mol. The van der Waals surface area contributed by atoms with Crippen LogP contribution < -0.4 is 14.9 Å². The van der Waals surface area contributed by atoms with Gasteiger partial charge in [0, 0.05) is 0 Å². The zero-order valence-electron chi connectivity index (χ0n) is 13.6. The van der Waals surface area contributed by atoms with Crippen LogP contribution in [0.25, 0.3) is 0 Å². The number of carbonyl (C=O) groups is 1. The quantitative estimate of drug-likeness (QED) is 0.591. The van der Waals surface area contributed by atoms with E-state index in [4.69, 9.17) is 14.2 Å². The Hall–Kier alpha value is -2.24. The molecular weight excluding hydrogens is 284 g/mol. The van der Waals surface area contributed by atoms with Crippen LogP contribution in [0.4, 0.5) is 4.79 Å². The number of hydrazone groups is 1. The van der Waals surface area contributed by atoms with Gasteiger partial charge in [-0.25, -0.2) is 10.2 Å². The fraction of sp³-hybridized carbons (Fsp3) is 0.500. The molecule has 1 N–H and O–H groups in total. The lowest BCUT2D eigenvalue weighted by Gasteiger charge is -2.13. The van der Waals surface area contributed by atoms with Crippen LogP contribution in [0.1, 0.15) is 33.3 Å². The minimum atomic E-state index is -0.583. The van der Waals surface area contributed by atoms with Gasteiger partial charge in [-0.05, 0) is 43.5 Å². The smallest absolute Gasteiger partial charge is 0.427 e. The SMILES string of the molecule is CCOC(=O)N/N=C\c1ccc(OCC(C)C)c(OCC)c1. The maximum Gasteiger partial charge on any atom is 0.427 e. The first-order valence-corrected chi connectivity index (χ1v) is 7.42. The molecule has 0 saturated carbocycles. The molecular formula is C16H24N2O4. The van der Waals surface area contributed by atoms with Crippen molar-refractivity contribution in [1.82, 2.24) is 5.43 Å². The van der Waals surface area contributed by atoms with Gasteiger partial charge in [-0.3, -0.25) is 0 Å². The highest BCUT2D eigenvalue weighted by molar-refractivity contribution is 5.82. The summed E-state index contributed by atoms with van der Waals surface area (Å²) in [7, 11) is 0. The number of hydrogen-bond donors (Lipinski definition) is 1. The van der Waals surface area contributed by atoms with E-state index < -0.39 is 6.09 Å². The number of hydrogen-bond acceptors (Lipinski definition) is 5. The van der Waals surface area contributed by atoms with Crippen molar-refractivity contribution in [2.45, 2.75) is 27.7 Å². The second kappa shape index (κ2) is 9.65. The molecule has 1 rings (SSSR count). The standard InChI is InChI=1S/C16H24N2O4/c1-5-20-15-9-13(10-17-18-16(19)21-6-2)7-8-14(15)22-11-12(3)4/h7-10,12H,5-6,11H2,1-4H3,(H,18,19)/b17-10-. The second-order valence-electron chi connectivity index (χ2n) is 4.93. The van der Waals surface area contributed by atoms with Gasteiger partial charge in [0.25, 0.3) is 0 Å². The molecule has 0 heterocycles. The molecule has 1 amide bonds. The maximum absolute atomic E-state index is 11.1. The minimum absolute atomic E-state index is 0.303. The van der Waals surface area contributed by atoms with Gasteiger partial charge in [0.15, 0.2) is 11.5 Å². The lowest BCUT2D eigenvalue weighted by molar-refractivity contribution is 0.152. The molecule has 0 spiro atoms. The molecule has 0 aromatic heterocycles. The van der Waals surface area contributed by atoms with Gasteiger partial charge in [-0.1, -0.05) is 13.8 Å². The molecule has 0 aliphatic rings. The molecule has 1 aromatic rings. The molecule has 0 aliphatic carbocycles. The van der Waals surface area contributed by atoms with Gasteiger partial charge >= 0.3 is 6.09 Å². The second-order valence-corrected chi connectivity index (χ2v) is 4.93. The lowest BCUT2D eigenvalue weighted by atomic mass is 10.2. The molecule has 0 radical (unpaired) electrons. The van der Waals surface area contributed by atoms with E-state index in [0.29, 0.717) is 37.2 Å². The van der Waals surface area contributed by atoms with E-state index in [2.05, 4.69) is 24.4 Å². The summed E-state index contributed by atoms with van der Waals surface area (Å²) in [6, 6.07) is 5.49. The van der Waals surface area contributed by atoms with Gasteiger partial charge in [0.2, 0.25) is 0 Å². The zero-order valence-corrected chi connectivity index (χ0v) is 13.6. The molecule has 122 valence electrons. The Bertz CT molecular complexity index is 501. The third-order valence-electron chi connectivity index (χ3n) is 2.48. The van der Waals surface area contributed by atoms with Crippen LogP contribution in [-0.4, -0.2) is 32.1 Å². The molecule has 0 aliphatic heterocycles. The van der Waals surface area contributed by atoms with Crippen LogP contribution in [0.5, 0.6) is 11.5 Å². The van der Waals surface area contributed by atoms with Gasteiger partial charge in [-0.2, -0.15) is 5.10 Å². The highest BCUT2D eigenvalue weighted by Gasteiger charge is 2.07. The normalized spacial score (nSPS) is 10.8. The van der Waals surface area contributed by atoms with Gasteiger partial charge in [0.1, 0.15) is 0 Å². The van der Waals surface area contributed by atoms with E-state index in [9.17, 15) is 4.79 Å². The van der Waals surface area contributed by atoms with Crippen LogP contribution in [0.2, 0.25) is 0 Å². The summed E-state index contributed by atoms with van der Waals surface area (Å²) in [6.07, 6.45) is 0.937. The monoisotopic (exact) mass is 308 g/mol. The minimum Gasteiger partial charge on any atom is -0.490 e. The summed E-state index contributed by atoms with van der Waals surface area (Å²) in [4.78, 5) is 11.1. The van der Waals surface area contributed by atoms with E-state index in [-0.39, 0.29) is 0 Å². The number of nitrogens with zero attached hydrogens (tertiary/aromatic N) is 1. The van der Waals surface area contributed by atoms with E-state index in [1.54, 1.807) is 6.92 Å². The fourth-order valence-corrected chi connectivity index (χ4v) is 1.57. The number of benzene rings is 1. The molecule has 6 nitrogen and oxygen atoms in total. The van der Waals surface area contributed by atoms with Crippen molar-refractivity contribution in [3.05, 3.63) is 23.8 Å². The Balaban J connectivity index is 2.74. The predicted octanol–water partition coefficient (Wildman–Crippen LogP) is 3.20. The van der Waals surface area contributed by atoms with E-state index in [1.165, 1.54) is 6.21 Å². The van der Waals surface area contributed by atoms with Crippen molar-refractivity contribution < 1.29 is 19.0 Å². The summed E-state index contributed by atoms with van der Waals surface area (Å²) in [5.74, 6) is 1.79. The third-order valence-corrected chi connectivity index (χ3v) is 2.48. The van der Waals surface area contributed by atoms with Crippen molar-refractivity contribution in [3.8, 4) is 11.5 Å². The van der Waals surface area contributed by atoms with E-state index in [1.807, 2.05) is 25.1 Å². The fourth-order valence-electron chi connectivity index (χ4n) is 1.57. The summed E-state index contributed by atoms with van der Waals surface area (Å²) < 4.78 is 16.0. The molecule has 1 aromatic carbocycles. The first-order chi connectivity index (χ1) is 10.6. The largest absolute Gasteiger partial charge is 0.490 e. The van der Waals surface area contributed by atoms with Crippen molar-refractivity contribution in [3.63, 3.8) is 0 Å². The van der Waals surface area contributed by atoms with Crippen LogP contribution in [0.3, 0.4) is 0 Å². The summed E-state index contributed by atoms with van der Waals surface area (Å²) in [6.45, 7) is 9.28. The molecule has 0 fully saturated rings. The highest BCUT2D eigenvalue weighted by Crippen LogP contribution is 2.28. The number of carbonyl (C=O) groups excluding carboxylic acids is 1. The van der Waals surface area contributed by atoms with Crippen LogP contribution in [0, 0.1) is 5.92 Å². The number of amides is 1. The number of ether oxygens (including phenoxy) is 3. The van der Waals surface area contributed by atoms with Crippen molar-refractivity contribution in [2.24, 2.45) is 11.0 Å². The number of nitrogens with one attached hydrogen (secondary N) is 1. The molecule has 0 saturated heterocycles. The lowest BCUT2D eigenvalue weighted by Crippen LogP contribution is -2.18. The number of rotatable bonds is 8. The molecule has 0 unspecified atom stereocenters. The van der Waals surface area contributed by atoms with Crippen LogP contribution in [-0.2, 0) is 4.74 Å². The maximum atomic E-state index is 11.1. The molecule has 0 bridgehead atoms. The van der Waals surface area contributed by atoms with Crippen molar-refractivity contribution in [1.29, 1.82) is 0 Å². The first kappa shape index (κ1) is 17.8. The average molecular weight is 308 g/mol. The van der Waals surface area contributed by atoms with Gasteiger partial charge in [0.05, 0.1) is 26.0 Å². The summed E-state index contributed by atoms with van der Waals surface area (Å²) in [5.41, 5.74) is 3.06. The van der Waals surface area contributed by atoms with Gasteiger partial charge in [-0.15, -0.1) is 0 Å². The average Bonchev–Trinajstić information content (AvgIpc) is 2.47. The molecule has 22 heavy (non-hydrogen) atoms. The third kappa shape index (κ3) is 6.47. The van der Waals surface area contributed by atoms with Crippen LogP contribution in [0.15, 0.2) is 23.3 Å². The Morgan fingerprint density at radius 1 is 1.23 bits per heavy atom. The zero-order chi connectivity index (χ0) is 16.4. The highest BCUT2D eigenvalue weighted by atomic mass is 16.5. The van der Waals surface area contributed by atoms with Gasteiger partial charge < -0.3 is 14.2 Å². The Morgan fingerprint density at radius 2 is 2.00 bits per heavy atom. The molecule has 0 atom stereocenters. The first-order valence-electron chi connectivity index (χ1n) is 7.42. The summed E-state index contributed by atoms with van der Waals surface area (Å²) >= 11 is 0. The van der Waals surface area contributed by atoms with Crippen molar-refractivity contribution in [2.75, 3.05) is 19.8 Å². The molecule has 6 heteroatoms. The Morgan fingerprint density at radius 3 is 2.64 bits per heavy atom. The van der Waals surface area contributed by atoms with Crippen LogP contribution >= 0.6 is 0 Å². The Kier molecular flexibility index (Phi) is 7.81. The van der Waals surface area contributed by atoms with E-state index >= 15 is 0 Å².